The average molecular weight is 340 g/mol. The molecule has 2 aromatic rings. The van der Waals surface area contributed by atoms with Gasteiger partial charge in [0.15, 0.2) is 0 Å². The van der Waals surface area contributed by atoms with Crippen LogP contribution in [0.1, 0.15) is 17.2 Å². The number of hydrazine groups is 1. The fourth-order valence-corrected chi connectivity index (χ4v) is 2.59. The number of hydrogen-bond donors (Lipinski definition) is 2. The van der Waals surface area contributed by atoms with Crippen LogP contribution < -0.4 is 16.0 Å². The summed E-state index contributed by atoms with van der Waals surface area (Å²) in [6.45, 7) is 0. The van der Waals surface area contributed by atoms with Crippen LogP contribution in [0.3, 0.4) is 0 Å². The normalized spacial score (nSPS) is 12.2. The molecule has 1 heterocycles. The molecule has 1 aromatic carbocycles. The summed E-state index contributed by atoms with van der Waals surface area (Å²) in [7, 11) is 1.61. The molecule has 2 rings (SSSR count). The molecule has 1 aromatic heterocycles. The molecule has 20 heavy (non-hydrogen) atoms. The van der Waals surface area contributed by atoms with Crippen LogP contribution in [0.2, 0.25) is 0 Å². The Hall–Kier alpha value is -1.50. The lowest BCUT2D eigenvalue weighted by Gasteiger charge is -2.17. The summed E-state index contributed by atoms with van der Waals surface area (Å²) in [4.78, 5) is 3.74. The minimum Gasteiger partial charge on any atom is -0.496 e. The summed E-state index contributed by atoms with van der Waals surface area (Å²) in [5.74, 6) is 5.92. The molecule has 4 nitrogen and oxygen atoms in total. The topological polar surface area (TPSA) is 60.2 Å². The number of hydrogen-bond acceptors (Lipinski definition) is 4. The van der Waals surface area contributed by atoms with Gasteiger partial charge in [-0.1, -0.05) is 6.07 Å². The second-order valence-corrected chi connectivity index (χ2v) is 5.14. The SMILES string of the molecule is COc1ccc(CC(NN)c2ccncc2F)cc1Br. The van der Waals surface area contributed by atoms with Crippen molar-refractivity contribution in [2.24, 2.45) is 5.84 Å². The van der Waals surface area contributed by atoms with Crippen molar-refractivity contribution in [2.45, 2.75) is 12.5 Å². The predicted octanol–water partition coefficient (Wildman–Crippen LogP) is 2.74. The van der Waals surface area contributed by atoms with Crippen LogP contribution in [-0.2, 0) is 6.42 Å². The minimum atomic E-state index is -0.372. The highest BCUT2D eigenvalue weighted by Crippen LogP contribution is 2.28. The van der Waals surface area contributed by atoms with Gasteiger partial charge in [-0.25, -0.2) is 4.39 Å². The van der Waals surface area contributed by atoms with Crippen molar-refractivity contribution in [3.63, 3.8) is 0 Å². The zero-order valence-electron chi connectivity index (χ0n) is 10.9. The molecule has 0 saturated heterocycles. The number of aromatic nitrogens is 1. The van der Waals surface area contributed by atoms with Gasteiger partial charge in [0.05, 0.1) is 23.8 Å². The second-order valence-electron chi connectivity index (χ2n) is 4.29. The first-order valence-corrected chi connectivity index (χ1v) is 6.83. The van der Waals surface area contributed by atoms with E-state index in [4.69, 9.17) is 10.6 Å². The van der Waals surface area contributed by atoms with Crippen LogP contribution in [0.25, 0.3) is 0 Å². The average Bonchev–Trinajstić information content (AvgIpc) is 2.46. The highest BCUT2D eigenvalue weighted by Gasteiger charge is 2.15. The lowest BCUT2D eigenvalue weighted by atomic mass is 10.00. The number of nitrogens with two attached hydrogens (primary N) is 1. The van der Waals surface area contributed by atoms with Crippen LogP contribution >= 0.6 is 15.9 Å². The van der Waals surface area contributed by atoms with Crippen molar-refractivity contribution in [1.82, 2.24) is 10.4 Å². The third-order valence-corrected chi connectivity index (χ3v) is 3.66. The van der Waals surface area contributed by atoms with Gasteiger partial charge in [0.2, 0.25) is 0 Å². The number of nitrogens with zero attached hydrogens (tertiary/aromatic N) is 1. The Balaban J connectivity index is 2.23. The Kier molecular flexibility index (Phi) is 5.05. The maximum atomic E-state index is 13.7. The Morgan fingerprint density at radius 1 is 1.45 bits per heavy atom. The molecule has 0 aliphatic carbocycles. The van der Waals surface area contributed by atoms with E-state index in [0.717, 1.165) is 15.8 Å². The summed E-state index contributed by atoms with van der Waals surface area (Å²) in [6, 6.07) is 7.02. The second kappa shape index (κ2) is 6.78. The number of ether oxygens (including phenoxy) is 1. The van der Waals surface area contributed by atoms with Gasteiger partial charge in [-0.2, -0.15) is 0 Å². The van der Waals surface area contributed by atoms with Crippen molar-refractivity contribution in [1.29, 1.82) is 0 Å². The predicted molar refractivity (Wildman–Crippen MR) is 78.7 cm³/mol. The Bertz CT molecular complexity index is 594. The summed E-state index contributed by atoms with van der Waals surface area (Å²) in [6.07, 6.45) is 3.29. The number of pyridine rings is 1. The first kappa shape index (κ1) is 14.9. The van der Waals surface area contributed by atoms with E-state index in [-0.39, 0.29) is 11.9 Å². The third kappa shape index (κ3) is 3.33. The van der Waals surface area contributed by atoms with Crippen LogP contribution in [0.4, 0.5) is 4.39 Å². The van der Waals surface area contributed by atoms with E-state index in [9.17, 15) is 4.39 Å². The molecule has 0 aliphatic rings. The Morgan fingerprint density at radius 2 is 2.25 bits per heavy atom. The summed E-state index contributed by atoms with van der Waals surface area (Å²) in [5, 5.41) is 0. The first-order valence-electron chi connectivity index (χ1n) is 6.03. The quantitative estimate of drug-likeness (QED) is 0.649. The van der Waals surface area contributed by atoms with E-state index in [0.29, 0.717) is 12.0 Å². The van der Waals surface area contributed by atoms with E-state index in [2.05, 4.69) is 26.3 Å². The van der Waals surface area contributed by atoms with Crippen molar-refractivity contribution < 1.29 is 9.13 Å². The van der Waals surface area contributed by atoms with E-state index in [1.807, 2.05) is 18.2 Å². The highest BCUT2D eigenvalue weighted by molar-refractivity contribution is 9.10. The fraction of sp³-hybridized carbons (Fsp3) is 0.214. The molecule has 1 unspecified atom stereocenters. The van der Waals surface area contributed by atoms with E-state index in [1.165, 1.54) is 6.20 Å². The zero-order chi connectivity index (χ0) is 14.5. The lowest BCUT2D eigenvalue weighted by Crippen LogP contribution is -2.30. The molecule has 1 atom stereocenters. The van der Waals surface area contributed by atoms with Gasteiger partial charge in [0, 0.05) is 11.8 Å². The van der Waals surface area contributed by atoms with Gasteiger partial charge in [0.25, 0.3) is 0 Å². The first-order chi connectivity index (χ1) is 9.65. The Labute approximate surface area is 125 Å². The molecule has 106 valence electrons. The number of rotatable bonds is 5. The minimum absolute atomic E-state index is 0.321. The van der Waals surface area contributed by atoms with E-state index >= 15 is 0 Å². The molecule has 0 amide bonds. The van der Waals surface area contributed by atoms with Crippen molar-refractivity contribution >= 4 is 15.9 Å². The maximum absolute atomic E-state index is 13.7. The van der Waals surface area contributed by atoms with Gasteiger partial charge in [0.1, 0.15) is 11.6 Å². The number of benzene rings is 1. The molecule has 0 saturated carbocycles. The number of methoxy groups -OCH3 is 1. The van der Waals surface area contributed by atoms with E-state index < -0.39 is 0 Å². The van der Waals surface area contributed by atoms with Crippen molar-refractivity contribution in [3.8, 4) is 5.75 Å². The molecular formula is C14H15BrFN3O. The molecular weight excluding hydrogens is 325 g/mol. The van der Waals surface area contributed by atoms with Gasteiger partial charge >= 0.3 is 0 Å². The largest absolute Gasteiger partial charge is 0.496 e. The molecule has 0 aliphatic heterocycles. The third-order valence-electron chi connectivity index (χ3n) is 3.04. The summed E-state index contributed by atoms with van der Waals surface area (Å²) in [5.41, 5.74) is 4.15. The summed E-state index contributed by atoms with van der Waals surface area (Å²) < 4.78 is 19.8. The van der Waals surface area contributed by atoms with Crippen LogP contribution in [0.15, 0.2) is 41.1 Å². The number of halogens is 2. The van der Waals surface area contributed by atoms with Crippen LogP contribution in [0, 0.1) is 5.82 Å². The van der Waals surface area contributed by atoms with Gasteiger partial charge in [-0.05, 0) is 46.1 Å². The Morgan fingerprint density at radius 3 is 2.85 bits per heavy atom. The molecule has 0 spiro atoms. The van der Waals surface area contributed by atoms with Crippen LogP contribution in [0.5, 0.6) is 5.75 Å². The molecule has 3 N–H and O–H groups in total. The molecule has 0 fully saturated rings. The molecule has 6 heteroatoms. The monoisotopic (exact) mass is 339 g/mol. The number of nitrogens with one attached hydrogen (secondary N) is 1. The van der Waals surface area contributed by atoms with Gasteiger partial charge in [-0.3, -0.25) is 16.3 Å². The van der Waals surface area contributed by atoms with Crippen molar-refractivity contribution in [3.05, 3.63) is 58.1 Å². The van der Waals surface area contributed by atoms with E-state index in [1.54, 1.807) is 19.4 Å². The molecule has 0 radical (unpaired) electrons. The molecule has 0 bridgehead atoms. The summed E-state index contributed by atoms with van der Waals surface area (Å²) >= 11 is 3.43. The van der Waals surface area contributed by atoms with Gasteiger partial charge in [-0.15, -0.1) is 0 Å². The van der Waals surface area contributed by atoms with Gasteiger partial charge < -0.3 is 4.74 Å². The highest BCUT2D eigenvalue weighted by atomic mass is 79.9. The van der Waals surface area contributed by atoms with Crippen molar-refractivity contribution in [2.75, 3.05) is 7.11 Å². The zero-order valence-corrected chi connectivity index (χ0v) is 12.5. The standard InChI is InChI=1S/C14H15BrFN3O/c1-20-14-3-2-9(6-11(14)15)7-13(19-17)10-4-5-18-8-12(10)16/h2-6,8,13,19H,7,17H2,1H3. The maximum Gasteiger partial charge on any atom is 0.146 e. The van der Waals surface area contributed by atoms with Crippen LogP contribution in [-0.4, -0.2) is 12.1 Å². The lowest BCUT2D eigenvalue weighted by molar-refractivity contribution is 0.411. The fourth-order valence-electron chi connectivity index (χ4n) is 2.00. The smallest absolute Gasteiger partial charge is 0.146 e.